The monoisotopic (exact) mass is 683 g/mol. The zero-order valence-corrected chi connectivity index (χ0v) is 32.6. The van der Waals surface area contributed by atoms with Crippen molar-refractivity contribution in [3.63, 3.8) is 0 Å². The lowest BCUT2D eigenvalue weighted by Gasteiger charge is -2.20. The van der Waals surface area contributed by atoms with Crippen LogP contribution in [0.5, 0.6) is 0 Å². The zero-order chi connectivity index (χ0) is 38.8. The molecule has 0 aliphatic heterocycles. The van der Waals surface area contributed by atoms with Crippen LogP contribution in [0, 0.1) is 6.85 Å². The van der Waals surface area contributed by atoms with Gasteiger partial charge in [-0.25, -0.2) is 0 Å². The average molecular weight is 684 g/mol. The maximum absolute atomic E-state index is 8.70. The largest absolute Gasteiger partial charge is 0.308 e. The molecule has 0 N–H and O–H groups in total. The highest BCUT2D eigenvalue weighted by Gasteiger charge is 2.25. The smallest absolute Gasteiger partial charge is 0.0887 e. The molecule has 0 radical (unpaired) electrons. The topological polar surface area (TPSA) is 9.86 Å². The number of hydrogen-bond acceptors (Lipinski definition) is 0. The van der Waals surface area contributed by atoms with Crippen molar-refractivity contribution in [1.29, 1.82) is 0 Å². The number of benzene rings is 5. The van der Waals surface area contributed by atoms with Gasteiger partial charge in [0.1, 0.15) is 0 Å². The summed E-state index contributed by atoms with van der Waals surface area (Å²) >= 11 is 7.71. The van der Waals surface area contributed by atoms with E-state index >= 15 is 0 Å². The molecule has 0 aliphatic rings. The highest BCUT2D eigenvalue weighted by Crippen LogP contribution is 2.43. The van der Waals surface area contributed by atoms with E-state index in [4.69, 9.17) is 15.7 Å². The predicted molar refractivity (Wildman–Crippen MR) is 220 cm³/mol. The maximum Gasteiger partial charge on any atom is 0.0887 e. The summed E-state index contributed by atoms with van der Waals surface area (Å²) in [5.74, 6) is 0. The number of rotatable bonds is 2. The van der Waals surface area contributed by atoms with Crippen LogP contribution in [0.4, 0.5) is 0 Å². The van der Waals surface area contributed by atoms with Gasteiger partial charge in [-0.15, -0.1) is 0 Å². The van der Waals surface area contributed by atoms with E-state index in [2.05, 4.69) is 165 Å². The lowest BCUT2D eigenvalue weighted by molar-refractivity contribution is 0.590. The van der Waals surface area contributed by atoms with E-state index in [9.17, 15) is 0 Å². The molecule has 0 aliphatic carbocycles. The molecule has 0 saturated heterocycles. The first-order chi connectivity index (χ1) is 24.4. The molecule has 0 atom stereocenters. The molecule has 5 aromatic carbocycles. The van der Waals surface area contributed by atoms with Crippen molar-refractivity contribution in [3.05, 3.63) is 118 Å². The van der Waals surface area contributed by atoms with Crippen molar-refractivity contribution in [1.82, 2.24) is 9.13 Å². The van der Waals surface area contributed by atoms with Gasteiger partial charge in [-0.2, -0.15) is 0 Å². The van der Waals surface area contributed by atoms with Crippen LogP contribution in [0.3, 0.4) is 0 Å². The second kappa shape index (κ2) is 11.2. The van der Waals surface area contributed by atoms with Crippen LogP contribution >= 0.6 is 11.6 Å². The van der Waals surface area contributed by atoms with Crippen LogP contribution in [0.25, 0.3) is 55.0 Å². The first kappa shape index (κ1) is 30.8. The van der Waals surface area contributed by atoms with Gasteiger partial charge in [0.25, 0.3) is 0 Å². The van der Waals surface area contributed by atoms with Crippen molar-refractivity contribution >= 4 is 55.2 Å². The van der Waals surface area contributed by atoms with E-state index in [1.807, 2.05) is 0 Å². The molecular weight excluding hydrogens is 628 g/mol. The summed E-state index contributed by atoms with van der Waals surface area (Å²) in [6.45, 7) is 24.4. The maximum atomic E-state index is 8.70. The minimum Gasteiger partial charge on any atom is -0.308 e. The molecule has 2 nitrogen and oxygen atoms in total. The number of aryl methyl sites for hydroxylation is 1. The minimum atomic E-state index is -2.37. The fourth-order valence-electron chi connectivity index (χ4n) is 7.35. The Morgan fingerprint density at radius 2 is 0.680 bits per heavy atom. The van der Waals surface area contributed by atoms with E-state index in [1.54, 1.807) is 12.1 Å². The second-order valence-electron chi connectivity index (χ2n) is 18.4. The molecule has 7 rings (SSSR count). The van der Waals surface area contributed by atoms with Crippen LogP contribution in [-0.4, -0.2) is 9.13 Å². The summed E-state index contributed by atoms with van der Waals surface area (Å²) in [4.78, 5) is 0. The normalized spacial score (nSPS) is 14.5. The molecular formula is C47H53ClN2. The molecule has 0 fully saturated rings. The Morgan fingerprint density at radius 3 is 0.900 bits per heavy atom. The standard InChI is InChI=1S/C47H53ClN2/c1-28-22-41(49-37-18-14-29(44(2,3)4)24-33(37)34-25-30(45(5,6)7)15-19-38(34)49)43(48)42(23-28)50-39-20-16-31(46(8,9)10)26-35(39)36-27-32(47(11,12)13)17-21-40(36)50/h14-27H,1-13H3/i1D3. The van der Waals surface area contributed by atoms with E-state index in [0.717, 1.165) is 43.6 Å². The van der Waals surface area contributed by atoms with Crippen LogP contribution in [0.1, 0.15) is 115 Å². The highest BCUT2D eigenvalue weighted by atomic mass is 35.5. The van der Waals surface area contributed by atoms with Crippen LogP contribution in [0.2, 0.25) is 5.02 Å². The van der Waals surface area contributed by atoms with Gasteiger partial charge in [0.2, 0.25) is 0 Å². The quantitative estimate of drug-likeness (QED) is 0.172. The molecule has 2 aromatic heterocycles. The van der Waals surface area contributed by atoms with Crippen LogP contribution in [0.15, 0.2) is 84.9 Å². The lowest BCUT2D eigenvalue weighted by atomic mass is 9.85. The number of halogens is 1. The highest BCUT2D eigenvalue weighted by molar-refractivity contribution is 6.35. The molecule has 3 heteroatoms. The third-order valence-electron chi connectivity index (χ3n) is 10.5. The minimum absolute atomic E-state index is 0.0491. The summed E-state index contributed by atoms with van der Waals surface area (Å²) in [7, 11) is 0. The van der Waals surface area contributed by atoms with Crippen LogP contribution in [-0.2, 0) is 21.7 Å². The summed E-state index contributed by atoms with van der Waals surface area (Å²) in [6.07, 6.45) is 0. The molecule has 0 unspecified atom stereocenters. The van der Waals surface area contributed by atoms with Gasteiger partial charge in [0, 0.05) is 25.7 Å². The zero-order valence-electron chi connectivity index (χ0n) is 34.9. The van der Waals surface area contributed by atoms with Gasteiger partial charge in [0.15, 0.2) is 0 Å². The third-order valence-corrected chi connectivity index (χ3v) is 10.9. The summed E-state index contributed by atoms with van der Waals surface area (Å²) in [5, 5.41) is 4.98. The van der Waals surface area contributed by atoms with Gasteiger partial charge in [0.05, 0.1) is 38.5 Å². The summed E-state index contributed by atoms with van der Waals surface area (Å²) < 4.78 is 30.4. The fourth-order valence-corrected chi connectivity index (χ4v) is 7.63. The lowest BCUT2D eigenvalue weighted by Crippen LogP contribution is -2.10. The van der Waals surface area contributed by atoms with E-state index < -0.39 is 6.85 Å². The van der Waals surface area contributed by atoms with Crippen molar-refractivity contribution in [2.75, 3.05) is 0 Å². The molecule has 50 heavy (non-hydrogen) atoms. The Hall–Kier alpha value is -4.01. The van der Waals surface area contributed by atoms with Crippen LogP contribution < -0.4 is 0 Å². The van der Waals surface area contributed by atoms with E-state index in [-0.39, 0.29) is 27.2 Å². The number of fused-ring (bicyclic) bond motifs is 6. The van der Waals surface area contributed by atoms with Crippen molar-refractivity contribution in [2.45, 2.75) is 112 Å². The van der Waals surface area contributed by atoms with E-state index in [0.29, 0.717) is 16.4 Å². The molecule has 7 aromatic rings. The Labute approximate surface area is 308 Å². The first-order valence-corrected chi connectivity index (χ1v) is 18.3. The van der Waals surface area contributed by atoms with Crippen molar-refractivity contribution in [2.24, 2.45) is 0 Å². The summed E-state index contributed by atoms with van der Waals surface area (Å²) in [6, 6.07) is 30.2. The van der Waals surface area contributed by atoms with Gasteiger partial charge in [-0.05, 0) is 117 Å². The Balaban J connectivity index is 1.63. The molecule has 258 valence electrons. The number of aromatic nitrogens is 2. The van der Waals surface area contributed by atoms with Gasteiger partial charge < -0.3 is 9.13 Å². The fraction of sp³-hybridized carbons (Fsp3) is 0.362. The SMILES string of the molecule is [2H]C([2H])([2H])c1cc(-n2c3ccc(C(C)(C)C)cc3c3cc(C(C)(C)C)ccc32)c(Cl)c(-n2c3ccc(C(C)(C)C)cc3c3cc(C(C)(C)C)ccc32)c1. The first-order valence-electron chi connectivity index (χ1n) is 19.4. The average Bonchev–Trinajstić information content (AvgIpc) is 3.54. The van der Waals surface area contributed by atoms with Crippen molar-refractivity contribution < 1.29 is 4.11 Å². The van der Waals surface area contributed by atoms with E-state index in [1.165, 1.54) is 22.3 Å². The number of nitrogens with zero attached hydrogens (tertiary/aromatic N) is 2. The molecule has 2 heterocycles. The molecule has 0 amide bonds. The van der Waals surface area contributed by atoms with Gasteiger partial charge >= 0.3 is 0 Å². The molecule has 0 bridgehead atoms. The van der Waals surface area contributed by atoms with Crippen molar-refractivity contribution in [3.8, 4) is 11.4 Å². The Kier molecular flexibility index (Phi) is 6.92. The van der Waals surface area contributed by atoms with Gasteiger partial charge in [-0.1, -0.05) is 119 Å². The third kappa shape index (κ3) is 5.65. The second-order valence-corrected chi connectivity index (χ2v) is 18.8. The predicted octanol–water partition coefficient (Wildman–Crippen LogP) is 14.0. The molecule has 0 saturated carbocycles. The molecule has 0 spiro atoms. The summed E-state index contributed by atoms with van der Waals surface area (Å²) in [5.41, 5.74) is 10.2. The number of hydrogen-bond donors (Lipinski definition) is 0. The Morgan fingerprint density at radius 1 is 0.420 bits per heavy atom. The Bertz CT molecular complexity index is 2270. The van der Waals surface area contributed by atoms with Gasteiger partial charge in [-0.3, -0.25) is 0 Å².